The van der Waals surface area contributed by atoms with Crippen LogP contribution in [0.15, 0.2) is 54.9 Å². The lowest BCUT2D eigenvalue weighted by Crippen LogP contribution is -2.46. The van der Waals surface area contributed by atoms with E-state index in [4.69, 9.17) is 4.74 Å². The Balaban J connectivity index is 1.66. The number of carbonyl (C=O) groups excluding carboxylic acids is 1. The highest BCUT2D eigenvalue weighted by Crippen LogP contribution is 2.31. The molecular formula is C18H18F2N2O2. The minimum atomic E-state index is -3.58. The standard InChI is InChI=1S/C18H18F2N2O2/c19-18(20,14-6-9-21-10-7-14)17(23)22-15-8-11-24-16(12-15)13-4-2-1-3-5-13/h1-7,9-10,15-16H,8,11-12H2,(H,22,23)/t15-,16+/m1/s1. The largest absolute Gasteiger partial charge is 0.373 e. The number of halogens is 2. The van der Waals surface area contributed by atoms with Gasteiger partial charge in [-0.3, -0.25) is 9.78 Å². The second-order valence-electron chi connectivity index (χ2n) is 5.78. The van der Waals surface area contributed by atoms with Crippen LogP contribution in [-0.4, -0.2) is 23.5 Å². The lowest BCUT2D eigenvalue weighted by atomic mass is 9.97. The maximum atomic E-state index is 14.3. The molecule has 1 aliphatic rings. The molecule has 1 amide bonds. The molecule has 2 aromatic rings. The number of hydrogen-bond acceptors (Lipinski definition) is 3. The number of carbonyl (C=O) groups is 1. The SMILES string of the molecule is O=C(N[C@@H]1CCO[C@H](c2ccccc2)C1)C(F)(F)c1ccncc1. The van der Waals surface area contributed by atoms with Crippen LogP contribution in [-0.2, 0) is 15.5 Å². The lowest BCUT2D eigenvalue weighted by molar-refractivity contribution is -0.148. The number of benzene rings is 1. The van der Waals surface area contributed by atoms with Crippen LogP contribution >= 0.6 is 0 Å². The summed E-state index contributed by atoms with van der Waals surface area (Å²) in [5, 5.41) is 2.47. The van der Waals surface area contributed by atoms with Crippen molar-refractivity contribution in [1.29, 1.82) is 0 Å². The van der Waals surface area contributed by atoms with Crippen molar-refractivity contribution in [2.24, 2.45) is 0 Å². The molecule has 126 valence electrons. The van der Waals surface area contributed by atoms with Crippen LogP contribution in [0.3, 0.4) is 0 Å². The maximum Gasteiger partial charge on any atom is 0.349 e. The number of amides is 1. The van der Waals surface area contributed by atoms with E-state index in [9.17, 15) is 13.6 Å². The van der Waals surface area contributed by atoms with Gasteiger partial charge in [-0.05, 0) is 30.5 Å². The molecule has 1 fully saturated rings. The second kappa shape index (κ2) is 7.05. The Morgan fingerprint density at radius 2 is 1.88 bits per heavy atom. The van der Waals surface area contributed by atoms with Gasteiger partial charge in [0.25, 0.3) is 5.91 Å². The molecule has 4 nitrogen and oxygen atoms in total. The fourth-order valence-corrected chi connectivity index (χ4v) is 2.80. The number of hydrogen-bond donors (Lipinski definition) is 1. The topological polar surface area (TPSA) is 51.2 Å². The number of alkyl halides is 2. The van der Waals surface area contributed by atoms with Gasteiger partial charge in [-0.1, -0.05) is 30.3 Å². The van der Waals surface area contributed by atoms with E-state index < -0.39 is 11.8 Å². The van der Waals surface area contributed by atoms with E-state index in [1.807, 2.05) is 30.3 Å². The third-order valence-corrected chi connectivity index (χ3v) is 4.12. The van der Waals surface area contributed by atoms with Crippen molar-refractivity contribution in [3.63, 3.8) is 0 Å². The lowest BCUT2D eigenvalue weighted by Gasteiger charge is -2.31. The summed E-state index contributed by atoms with van der Waals surface area (Å²) in [7, 11) is 0. The monoisotopic (exact) mass is 332 g/mol. The van der Waals surface area contributed by atoms with E-state index >= 15 is 0 Å². The smallest absolute Gasteiger partial charge is 0.349 e. The summed E-state index contributed by atoms with van der Waals surface area (Å²) >= 11 is 0. The number of nitrogens with zero attached hydrogens (tertiary/aromatic N) is 1. The zero-order valence-corrected chi connectivity index (χ0v) is 13.0. The van der Waals surface area contributed by atoms with Crippen LogP contribution in [0.4, 0.5) is 8.78 Å². The highest BCUT2D eigenvalue weighted by Gasteiger charge is 2.42. The van der Waals surface area contributed by atoms with E-state index in [1.54, 1.807) is 0 Å². The molecule has 3 rings (SSSR count). The maximum absolute atomic E-state index is 14.3. The van der Waals surface area contributed by atoms with Crippen molar-refractivity contribution in [1.82, 2.24) is 10.3 Å². The first-order valence-electron chi connectivity index (χ1n) is 7.83. The van der Waals surface area contributed by atoms with Gasteiger partial charge >= 0.3 is 5.92 Å². The van der Waals surface area contributed by atoms with Crippen molar-refractivity contribution in [2.75, 3.05) is 6.61 Å². The van der Waals surface area contributed by atoms with Crippen LogP contribution < -0.4 is 5.32 Å². The van der Waals surface area contributed by atoms with Crippen molar-refractivity contribution in [3.05, 3.63) is 66.0 Å². The van der Waals surface area contributed by atoms with Gasteiger partial charge in [0.1, 0.15) is 0 Å². The molecule has 2 heterocycles. The summed E-state index contributed by atoms with van der Waals surface area (Å²) in [6.07, 6.45) is 3.29. The average Bonchev–Trinajstić information content (AvgIpc) is 2.63. The van der Waals surface area contributed by atoms with E-state index in [0.717, 1.165) is 17.7 Å². The van der Waals surface area contributed by atoms with Crippen molar-refractivity contribution < 1.29 is 18.3 Å². The second-order valence-corrected chi connectivity index (χ2v) is 5.78. The van der Waals surface area contributed by atoms with Gasteiger partial charge in [0.15, 0.2) is 0 Å². The van der Waals surface area contributed by atoms with E-state index in [2.05, 4.69) is 10.3 Å². The number of nitrogens with one attached hydrogen (secondary N) is 1. The number of pyridine rings is 1. The van der Waals surface area contributed by atoms with Gasteiger partial charge in [-0.15, -0.1) is 0 Å². The molecule has 1 saturated heterocycles. The van der Waals surface area contributed by atoms with Crippen LogP contribution in [0.2, 0.25) is 0 Å². The molecule has 1 N–H and O–H groups in total. The van der Waals surface area contributed by atoms with Crippen molar-refractivity contribution in [2.45, 2.75) is 30.9 Å². The number of rotatable bonds is 4. The van der Waals surface area contributed by atoms with E-state index in [1.165, 1.54) is 12.4 Å². The molecule has 0 aliphatic carbocycles. The third kappa shape index (κ3) is 3.59. The molecule has 1 aromatic carbocycles. The summed E-state index contributed by atoms with van der Waals surface area (Å²) < 4.78 is 34.2. The minimum Gasteiger partial charge on any atom is -0.373 e. The van der Waals surface area contributed by atoms with Gasteiger partial charge in [-0.2, -0.15) is 8.78 Å². The first-order chi connectivity index (χ1) is 11.6. The fraction of sp³-hybridized carbons (Fsp3) is 0.333. The Morgan fingerprint density at radius 1 is 1.17 bits per heavy atom. The van der Waals surface area contributed by atoms with Gasteiger partial charge in [-0.25, -0.2) is 0 Å². The minimum absolute atomic E-state index is 0.195. The fourth-order valence-electron chi connectivity index (χ4n) is 2.80. The highest BCUT2D eigenvalue weighted by molar-refractivity contribution is 5.84. The normalized spacial score (nSPS) is 21.2. The molecule has 0 unspecified atom stereocenters. The van der Waals surface area contributed by atoms with Crippen molar-refractivity contribution in [3.8, 4) is 0 Å². The molecule has 1 aliphatic heterocycles. The Labute approximate surface area is 138 Å². The van der Waals surface area contributed by atoms with E-state index in [0.29, 0.717) is 19.4 Å². The highest BCUT2D eigenvalue weighted by atomic mass is 19.3. The zero-order chi connectivity index (χ0) is 17.0. The van der Waals surface area contributed by atoms with Crippen molar-refractivity contribution >= 4 is 5.91 Å². The Morgan fingerprint density at radius 3 is 2.58 bits per heavy atom. The molecule has 24 heavy (non-hydrogen) atoms. The van der Waals surface area contributed by atoms with Gasteiger partial charge < -0.3 is 10.1 Å². The summed E-state index contributed by atoms with van der Waals surface area (Å²) in [6.45, 7) is 0.422. The molecule has 0 bridgehead atoms. The summed E-state index contributed by atoms with van der Waals surface area (Å²) in [4.78, 5) is 15.8. The predicted octanol–water partition coefficient (Wildman–Crippen LogP) is 3.21. The van der Waals surface area contributed by atoms with Crippen LogP contribution in [0.1, 0.15) is 30.1 Å². The Hall–Kier alpha value is -2.34. The first-order valence-corrected chi connectivity index (χ1v) is 7.83. The van der Waals surface area contributed by atoms with Gasteiger partial charge in [0.05, 0.1) is 6.10 Å². The quantitative estimate of drug-likeness (QED) is 0.935. The Bertz CT molecular complexity index is 680. The molecule has 0 radical (unpaired) electrons. The van der Waals surface area contributed by atoms with Crippen LogP contribution in [0.5, 0.6) is 0 Å². The number of ether oxygens (including phenoxy) is 1. The van der Waals surface area contributed by atoms with Crippen LogP contribution in [0.25, 0.3) is 0 Å². The zero-order valence-electron chi connectivity index (χ0n) is 13.0. The molecule has 2 atom stereocenters. The summed E-state index contributed by atoms with van der Waals surface area (Å²) in [5.74, 6) is -4.86. The van der Waals surface area contributed by atoms with Gasteiger partial charge in [0.2, 0.25) is 0 Å². The van der Waals surface area contributed by atoms with E-state index in [-0.39, 0.29) is 17.7 Å². The predicted molar refractivity (Wildman–Crippen MR) is 84.4 cm³/mol. The molecule has 1 aromatic heterocycles. The summed E-state index contributed by atoms with van der Waals surface area (Å²) in [6, 6.07) is 11.5. The third-order valence-electron chi connectivity index (χ3n) is 4.12. The number of aromatic nitrogens is 1. The molecule has 0 saturated carbocycles. The average molecular weight is 332 g/mol. The Kier molecular flexibility index (Phi) is 4.85. The summed E-state index contributed by atoms with van der Waals surface area (Å²) in [5.41, 5.74) is 0.624. The molecule has 0 spiro atoms. The van der Waals surface area contributed by atoms with Crippen LogP contribution in [0, 0.1) is 0 Å². The molecule has 6 heteroatoms. The first kappa shape index (κ1) is 16.5. The molecular weight excluding hydrogens is 314 g/mol. The van der Waals surface area contributed by atoms with Gasteiger partial charge in [0, 0.05) is 30.6 Å².